The van der Waals surface area contributed by atoms with E-state index in [-0.39, 0.29) is 10.6 Å². The van der Waals surface area contributed by atoms with E-state index in [9.17, 15) is 9.59 Å². The van der Waals surface area contributed by atoms with Gasteiger partial charge in [0.2, 0.25) is 0 Å². The highest BCUT2D eigenvalue weighted by atomic mass is 35.5. The van der Waals surface area contributed by atoms with Crippen molar-refractivity contribution in [1.29, 1.82) is 0 Å². The number of hydrogen-bond acceptors (Lipinski definition) is 3. The van der Waals surface area contributed by atoms with E-state index in [2.05, 4.69) is 10.9 Å². The van der Waals surface area contributed by atoms with Gasteiger partial charge < -0.3 is 4.74 Å². The van der Waals surface area contributed by atoms with Crippen molar-refractivity contribution in [2.24, 2.45) is 0 Å². The van der Waals surface area contributed by atoms with E-state index < -0.39 is 11.8 Å². The van der Waals surface area contributed by atoms with Crippen LogP contribution in [0.2, 0.25) is 10.0 Å². The quantitative estimate of drug-likeness (QED) is 0.614. The lowest BCUT2D eigenvalue weighted by atomic mass is 10.2. The fourth-order valence-corrected chi connectivity index (χ4v) is 2.63. The molecule has 0 fully saturated rings. The third-order valence-electron chi connectivity index (χ3n) is 3.54. The van der Waals surface area contributed by atoms with Crippen LogP contribution in [0.3, 0.4) is 0 Å². The zero-order valence-electron chi connectivity index (χ0n) is 13.9. The van der Waals surface area contributed by atoms with Crippen molar-refractivity contribution in [2.75, 3.05) is 0 Å². The number of benzene rings is 3. The summed E-state index contributed by atoms with van der Waals surface area (Å²) in [5.41, 5.74) is 5.13. The molecule has 136 valence electrons. The minimum atomic E-state index is -0.576. The summed E-state index contributed by atoms with van der Waals surface area (Å²) < 4.78 is 5.69. The summed E-state index contributed by atoms with van der Waals surface area (Å²) in [5, 5.41) is 0.589. The van der Waals surface area contributed by atoms with Crippen LogP contribution in [0.5, 0.6) is 11.5 Å². The Morgan fingerprint density at radius 1 is 0.741 bits per heavy atom. The van der Waals surface area contributed by atoms with Crippen LogP contribution in [0.15, 0.2) is 72.8 Å². The third kappa shape index (κ3) is 5.00. The molecule has 3 aromatic carbocycles. The second-order valence-electron chi connectivity index (χ2n) is 5.48. The number of halogens is 2. The molecule has 0 saturated carbocycles. The second-order valence-corrected chi connectivity index (χ2v) is 6.32. The monoisotopic (exact) mass is 400 g/mol. The van der Waals surface area contributed by atoms with Crippen molar-refractivity contribution in [3.05, 3.63) is 94.0 Å². The zero-order valence-corrected chi connectivity index (χ0v) is 15.4. The maximum absolute atomic E-state index is 12.3. The summed E-state index contributed by atoms with van der Waals surface area (Å²) in [5.74, 6) is 0.0737. The van der Waals surface area contributed by atoms with Crippen LogP contribution in [-0.4, -0.2) is 11.8 Å². The lowest BCUT2D eigenvalue weighted by molar-refractivity contribution is 0.0846. The summed E-state index contributed by atoms with van der Waals surface area (Å²) in [6.45, 7) is 0. The molecule has 3 aromatic rings. The van der Waals surface area contributed by atoms with Gasteiger partial charge in [-0.15, -0.1) is 0 Å². The van der Waals surface area contributed by atoms with Gasteiger partial charge >= 0.3 is 0 Å². The van der Waals surface area contributed by atoms with Gasteiger partial charge in [0.1, 0.15) is 11.5 Å². The molecular formula is C20H14Cl2N2O3. The maximum Gasteiger partial charge on any atom is 0.271 e. The molecule has 27 heavy (non-hydrogen) atoms. The van der Waals surface area contributed by atoms with Crippen LogP contribution >= 0.6 is 23.2 Å². The van der Waals surface area contributed by atoms with Gasteiger partial charge in [-0.1, -0.05) is 47.5 Å². The fourth-order valence-electron chi connectivity index (χ4n) is 2.25. The smallest absolute Gasteiger partial charge is 0.271 e. The van der Waals surface area contributed by atoms with Crippen molar-refractivity contribution in [1.82, 2.24) is 10.9 Å². The van der Waals surface area contributed by atoms with Gasteiger partial charge in [-0.3, -0.25) is 20.4 Å². The molecule has 0 radical (unpaired) electrons. The van der Waals surface area contributed by atoms with Crippen LogP contribution in [0.25, 0.3) is 0 Å². The highest BCUT2D eigenvalue weighted by Crippen LogP contribution is 2.22. The SMILES string of the molecule is O=C(NNC(=O)c1cc(Cl)ccc1Cl)c1cccc(Oc2ccccc2)c1. The summed E-state index contributed by atoms with van der Waals surface area (Å²) in [4.78, 5) is 24.5. The Morgan fingerprint density at radius 2 is 1.44 bits per heavy atom. The first kappa shape index (κ1) is 18.8. The van der Waals surface area contributed by atoms with Crippen LogP contribution in [0.1, 0.15) is 20.7 Å². The minimum absolute atomic E-state index is 0.158. The Balaban J connectivity index is 1.65. The highest BCUT2D eigenvalue weighted by Gasteiger charge is 2.13. The molecule has 5 nitrogen and oxygen atoms in total. The predicted octanol–water partition coefficient (Wildman–Crippen LogP) is 4.86. The normalized spacial score (nSPS) is 10.1. The Kier molecular flexibility index (Phi) is 5.96. The molecule has 3 rings (SSSR count). The van der Waals surface area contributed by atoms with E-state index in [1.54, 1.807) is 30.3 Å². The number of ether oxygens (including phenoxy) is 1. The molecule has 0 aliphatic rings. The van der Waals surface area contributed by atoms with Crippen molar-refractivity contribution in [2.45, 2.75) is 0 Å². The Morgan fingerprint density at radius 3 is 2.22 bits per heavy atom. The molecular weight excluding hydrogens is 387 g/mol. The average Bonchev–Trinajstić information content (AvgIpc) is 2.68. The van der Waals surface area contributed by atoms with Crippen molar-refractivity contribution < 1.29 is 14.3 Å². The first-order chi connectivity index (χ1) is 13.0. The van der Waals surface area contributed by atoms with Gasteiger partial charge in [0.15, 0.2) is 0 Å². The lowest BCUT2D eigenvalue weighted by Crippen LogP contribution is -2.41. The maximum atomic E-state index is 12.3. The summed E-state index contributed by atoms with van der Waals surface area (Å²) >= 11 is 11.8. The van der Waals surface area contributed by atoms with Gasteiger partial charge in [0, 0.05) is 10.6 Å². The molecule has 0 atom stereocenters. The largest absolute Gasteiger partial charge is 0.457 e. The van der Waals surface area contributed by atoms with E-state index in [0.29, 0.717) is 22.1 Å². The zero-order chi connectivity index (χ0) is 19.2. The number of rotatable bonds is 4. The summed E-state index contributed by atoms with van der Waals surface area (Å²) in [6.07, 6.45) is 0. The van der Waals surface area contributed by atoms with Gasteiger partial charge in [0.05, 0.1) is 10.6 Å². The first-order valence-corrected chi connectivity index (χ1v) is 8.67. The molecule has 0 aliphatic carbocycles. The van der Waals surface area contributed by atoms with Crippen molar-refractivity contribution in [3.8, 4) is 11.5 Å². The lowest BCUT2D eigenvalue weighted by Gasteiger charge is -2.10. The standard InChI is InChI=1S/C20H14Cl2N2O3/c21-14-9-10-18(22)17(12-14)20(26)24-23-19(25)13-5-4-8-16(11-13)27-15-6-2-1-3-7-15/h1-12H,(H,23,25)(H,24,26). The summed E-state index contributed by atoms with van der Waals surface area (Å²) in [7, 11) is 0. The van der Waals surface area contributed by atoms with Gasteiger partial charge in [-0.2, -0.15) is 0 Å². The number of hydrazine groups is 1. The Labute approximate surface area is 165 Å². The number of carbonyl (C=O) groups excluding carboxylic acids is 2. The molecule has 2 N–H and O–H groups in total. The van der Waals surface area contributed by atoms with E-state index in [0.717, 1.165) is 0 Å². The molecule has 0 aliphatic heterocycles. The molecule has 0 aromatic heterocycles. The van der Waals surface area contributed by atoms with Crippen molar-refractivity contribution >= 4 is 35.0 Å². The second kappa shape index (κ2) is 8.58. The van der Waals surface area contributed by atoms with E-state index in [1.165, 1.54) is 12.1 Å². The topological polar surface area (TPSA) is 67.4 Å². The van der Waals surface area contributed by atoms with Crippen molar-refractivity contribution in [3.63, 3.8) is 0 Å². The number of hydrogen-bond donors (Lipinski definition) is 2. The van der Waals surface area contributed by atoms with Crippen LogP contribution in [0, 0.1) is 0 Å². The molecule has 0 spiro atoms. The number of nitrogens with one attached hydrogen (secondary N) is 2. The average molecular weight is 401 g/mol. The minimum Gasteiger partial charge on any atom is -0.457 e. The molecule has 0 bridgehead atoms. The molecule has 0 heterocycles. The van der Waals surface area contributed by atoms with Crippen LogP contribution in [0.4, 0.5) is 0 Å². The number of amides is 2. The molecule has 0 unspecified atom stereocenters. The Bertz CT molecular complexity index is 978. The summed E-state index contributed by atoms with van der Waals surface area (Å²) in [6, 6.07) is 20.3. The number of para-hydroxylation sites is 1. The third-order valence-corrected chi connectivity index (χ3v) is 4.10. The van der Waals surface area contributed by atoms with Gasteiger partial charge in [-0.05, 0) is 48.5 Å². The molecule has 0 saturated heterocycles. The van der Waals surface area contributed by atoms with Gasteiger partial charge in [0.25, 0.3) is 11.8 Å². The molecule has 2 amide bonds. The fraction of sp³-hybridized carbons (Fsp3) is 0. The van der Waals surface area contributed by atoms with E-state index in [1.807, 2.05) is 30.3 Å². The predicted molar refractivity (Wildman–Crippen MR) is 104 cm³/mol. The highest BCUT2D eigenvalue weighted by molar-refractivity contribution is 6.35. The van der Waals surface area contributed by atoms with Gasteiger partial charge in [-0.25, -0.2) is 0 Å². The van der Waals surface area contributed by atoms with E-state index >= 15 is 0 Å². The molecule has 7 heteroatoms. The van der Waals surface area contributed by atoms with Crippen LogP contribution < -0.4 is 15.6 Å². The van der Waals surface area contributed by atoms with E-state index in [4.69, 9.17) is 27.9 Å². The Hall–Kier alpha value is -3.02. The first-order valence-electron chi connectivity index (χ1n) is 7.91. The number of carbonyl (C=O) groups is 2. The van der Waals surface area contributed by atoms with Crippen LogP contribution in [-0.2, 0) is 0 Å².